The molecule has 0 aromatic carbocycles. The maximum absolute atomic E-state index is 11.7. The van der Waals surface area contributed by atoms with Gasteiger partial charge in [0, 0.05) is 19.1 Å². The number of ether oxygens (including phenoxy) is 1. The van der Waals surface area contributed by atoms with Gasteiger partial charge in [0.15, 0.2) is 0 Å². The summed E-state index contributed by atoms with van der Waals surface area (Å²) in [5.41, 5.74) is 0. The van der Waals surface area contributed by atoms with Crippen molar-refractivity contribution >= 4 is 22.5 Å². The zero-order valence-electron chi connectivity index (χ0n) is 11.5. The third-order valence-corrected chi connectivity index (χ3v) is 4.45. The molecule has 1 aromatic rings. The normalized spacial score (nSPS) is 26.2. The summed E-state index contributed by atoms with van der Waals surface area (Å²) in [6.07, 6.45) is 2.56. The lowest BCUT2D eigenvalue weighted by atomic mass is 10.2. The van der Waals surface area contributed by atoms with Crippen LogP contribution in [0.5, 0.6) is 0 Å². The first-order chi connectivity index (χ1) is 9.70. The van der Waals surface area contributed by atoms with Crippen molar-refractivity contribution < 1.29 is 9.53 Å². The molecule has 8 heteroatoms. The Balaban J connectivity index is 1.41. The van der Waals surface area contributed by atoms with Crippen molar-refractivity contribution in [3.63, 3.8) is 0 Å². The highest BCUT2D eigenvalue weighted by atomic mass is 32.1. The second-order valence-corrected chi connectivity index (χ2v) is 6.39. The van der Waals surface area contributed by atoms with Crippen LogP contribution >= 0.6 is 11.3 Å². The highest BCUT2D eigenvalue weighted by molar-refractivity contribution is 7.15. The molecular formula is C12H19N5O2S. The molecule has 0 unspecified atom stereocenters. The van der Waals surface area contributed by atoms with Crippen LogP contribution in [0.2, 0.25) is 0 Å². The van der Waals surface area contributed by atoms with Gasteiger partial charge in [0.05, 0.1) is 12.7 Å². The first-order valence-electron chi connectivity index (χ1n) is 6.91. The fourth-order valence-electron chi connectivity index (χ4n) is 2.70. The predicted molar refractivity (Wildman–Crippen MR) is 76.0 cm³/mol. The summed E-state index contributed by atoms with van der Waals surface area (Å²) in [6.45, 7) is 5.21. The Hall–Kier alpha value is -1.25. The van der Waals surface area contributed by atoms with E-state index >= 15 is 0 Å². The average Bonchev–Trinajstić information content (AvgIpc) is 3.04. The molecule has 2 amide bonds. The van der Waals surface area contributed by atoms with Gasteiger partial charge in [-0.3, -0.25) is 10.2 Å². The molecule has 0 aliphatic carbocycles. The highest BCUT2D eigenvalue weighted by Crippen LogP contribution is 2.22. The number of urea groups is 1. The second-order valence-electron chi connectivity index (χ2n) is 5.21. The minimum absolute atomic E-state index is 0.0752. The van der Waals surface area contributed by atoms with Crippen molar-refractivity contribution in [3.8, 4) is 0 Å². The summed E-state index contributed by atoms with van der Waals surface area (Å²) in [5.74, 6) is 0. The molecule has 2 aliphatic rings. The van der Waals surface area contributed by atoms with Crippen LogP contribution in [-0.2, 0) is 4.74 Å². The van der Waals surface area contributed by atoms with Crippen LogP contribution in [0.3, 0.4) is 0 Å². The minimum atomic E-state index is -0.256. The van der Waals surface area contributed by atoms with Crippen molar-refractivity contribution in [2.24, 2.45) is 0 Å². The predicted octanol–water partition coefficient (Wildman–Crippen LogP) is 0.831. The lowest BCUT2D eigenvalue weighted by Crippen LogP contribution is -2.50. The van der Waals surface area contributed by atoms with E-state index in [-0.39, 0.29) is 12.1 Å². The number of nitrogens with one attached hydrogen (secondary N) is 2. The van der Waals surface area contributed by atoms with Crippen LogP contribution in [0, 0.1) is 6.92 Å². The Morgan fingerprint density at radius 2 is 2.45 bits per heavy atom. The molecule has 110 valence electrons. The van der Waals surface area contributed by atoms with Gasteiger partial charge in [0.25, 0.3) is 0 Å². The number of hydrogen-bond donors (Lipinski definition) is 2. The lowest BCUT2D eigenvalue weighted by molar-refractivity contribution is -0.0456. The number of aromatic nitrogens is 2. The van der Waals surface area contributed by atoms with Gasteiger partial charge in [-0.2, -0.15) is 0 Å². The molecule has 2 saturated heterocycles. The van der Waals surface area contributed by atoms with Crippen molar-refractivity contribution in [2.75, 3.05) is 31.6 Å². The maximum Gasteiger partial charge on any atom is 0.321 e. The molecule has 2 fully saturated rings. The number of amides is 2. The Labute approximate surface area is 121 Å². The number of carbonyl (C=O) groups is 1. The maximum atomic E-state index is 11.7. The quantitative estimate of drug-likeness (QED) is 0.864. The first-order valence-corrected chi connectivity index (χ1v) is 7.73. The molecule has 1 aromatic heterocycles. The molecule has 2 aliphatic heterocycles. The smallest absolute Gasteiger partial charge is 0.321 e. The number of fused-ring (bicyclic) bond motifs is 1. The van der Waals surface area contributed by atoms with Crippen molar-refractivity contribution in [1.29, 1.82) is 0 Å². The third kappa shape index (κ3) is 3.25. The molecule has 20 heavy (non-hydrogen) atoms. The Bertz CT molecular complexity index is 480. The Morgan fingerprint density at radius 3 is 3.25 bits per heavy atom. The zero-order chi connectivity index (χ0) is 13.9. The molecule has 2 N–H and O–H groups in total. The molecule has 0 bridgehead atoms. The van der Waals surface area contributed by atoms with E-state index < -0.39 is 0 Å². The third-order valence-electron chi connectivity index (χ3n) is 3.70. The number of aryl methyl sites for hydroxylation is 1. The summed E-state index contributed by atoms with van der Waals surface area (Å²) < 4.78 is 5.79. The van der Waals surface area contributed by atoms with E-state index in [0.717, 1.165) is 24.7 Å². The molecule has 0 spiro atoms. The minimum Gasteiger partial charge on any atom is -0.373 e. The molecular weight excluding hydrogens is 278 g/mol. The highest BCUT2D eigenvalue weighted by Gasteiger charge is 2.32. The summed E-state index contributed by atoms with van der Waals surface area (Å²) >= 11 is 1.36. The standard InChI is InChI=1S/C12H19N5O2S/c1-8-15-16-12(20-8)14-11(18)13-5-10-6-17-4-2-3-9(17)7-19-10/h9-10H,2-7H2,1H3,(H2,13,14,16,18)/t9-,10+/m1/s1. The van der Waals surface area contributed by atoms with Crippen LogP contribution in [0.15, 0.2) is 0 Å². The number of nitrogens with zero attached hydrogens (tertiary/aromatic N) is 3. The lowest BCUT2D eigenvalue weighted by Gasteiger charge is -2.35. The largest absolute Gasteiger partial charge is 0.373 e. The zero-order valence-corrected chi connectivity index (χ0v) is 12.3. The van der Waals surface area contributed by atoms with Crippen molar-refractivity contribution in [3.05, 3.63) is 5.01 Å². The summed E-state index contributed by atoms with van der Waals surface area (Å²) in [4.78, 5) is 14.2. The number of anilines is 1. The molecule has 3 rings (SSSR count). The van der Waals surface area contributed by atoms with E-state index in [0.29, 0.717) is 17.7 Å². The second kappa shape index (κ2) is 6.02. The van der Waals surface area contributed by atoms with Gasteiger partial charge in [-0.05, 0) is 26.3 Å². The van der Waals surface area contributed by atoms with Crippen molar-refractivity contribution in [1.82, 2.24) is 20.4 Å². The molecule has 0 saturated carbocycles. The van der Waals surface area contributed by atoms with Crippen LogP contribution in [0.25, 0.3) is 0 Å². The summed E-state index contributed by atoms with van der Waals surface area (Å²) in [6, 6.07) is 0.331. The van der Waals surface area contributed by atoms with Gasteiger partial charge in [-0.1, -0.05) is 11.3 Å². The monoisotopic (exact) mass is 297 g/mol. The SMILES string of the molecule is Cc1nnc(NC(=O)NC[C@H]2CN3CCC[C@@H]3CO2)s1. The fourth-order valence-corrected chi connectivity index (χ4v) is 3.29. The molecule has 2 atom stereocenters. The Morgan fingerprint density at radius 1 is 1.55 bits per heavy atom. The Kier molecular flexibility index (Phi) is 4.13. The number of carbonyl (C=O) groups excluding carboxylic acids is 1. The topological polar surface area (TPSA) is 79.4 Å². The van der Waals surface area contributed by atoms with Gasteiger partial charge in [-0.25, -0.2) is 4.79 Å². The number of hydrogen-bond acceptors (Lipinski definition) is 6. The van der Waals surface area contributed by atoms with Gasteiger partial charge >= 0.3 is 6.03 Å². The van der Waals surface area contributed by atoms with Gasteiger partial charge < -0.3 is 10.1 Å². The van der Waals surface area contributed by atoms with E-state index in [9.17, 15) is 4.79 Å². The van der Waals surface area contributed by atoms with E-state index in [1.54, 1.807) is 0 Å². The van der Waals surface area contributed by atoms with Gasteiger partial charge in [0.1, 0.15) is 5.01 Å². The van der Waals surface area contributed by atoms with Crippen LogP contribution < -0.4 is 10.6 Å². The van der Waals surface area contributed by atoms with Crippen molar-refractivity contribution in [2.45, 2.75) is 31.9 Å². The van der Waals surface area contributed by atoms with E-state index in [4.69, 9.17) is 4.74 Å². The van der Waals surface area contributed by atoms with Crippen LogP contribution in [0.4, 0.5) is 9.93 Å². The van der Waals surface area contributed by atoms with Crippen LogP contribution in [0.1, 0.15) is 17.8 Å². The summed E-state index contributed by atoms with van der Waals surface area (Å²) in [5, 5.41) is 14.6. The van der Waals surface area contributed by atoms with E-state index in [1.807, 2.05) is 6.92 Å². The molecule has 3 heterocycles. The number of rotatable bonds is 3. The molecule has 0 radical (unpaired) electrons. The fraction of sp³-hybridized carbons (Fsp3) is 0.750. The van der Waals surface area contributed by atoms with E-state index in [2.05, 4.69) is 25.7 Å². The number of morpholine rings is 1. The van der Waals surface area contributed by atoms with Gasteiger partial charge in [-0.15, -0.1) is 10.2 Å². The molecule has 7 nitrogen and oxygen atoms in total. The van der Waals surface area contributed by atoms with Crippen LogP contribution in [-0.4, -0.2) is 59.5 Å². The van der Waals surface area contributed by atoms with E-state index in [1.165, 1.54) is 24.2 Å². The average molecular weight is 297 g/mol. The summed E-state index contributed by atoms with van der Waals surface area (Å²) in [7, 11) is 0. The first kappa shape index (κ1) is 13.7. The van der Waals surface area contributed by atoms with Gasteiger partial charge in [0.2, 0.25) is 5.13 Å².